The first-order valence-electron chi connectivity index (χ1n) is 1.35. The third-order valence-corrected chi connectivity index (χ3v) is 0.756. The van der Waals surface area contributed by atoms with Crippen molar-refractivity contribution in [3.05, 3.63) is 6.42 Å². The van der Waals surface area contributed by atoms with E-state index in [0.717, 1.165) is 0 Å². The zero-order valence-electron chi connectivity index (χ0n) is 2.91. The number of halogens is 2. The minimum atomic E-state index is -0.296. The zero-order valence-corrected chi connectivity index (χ0v) is 4.42. The Balaban J connectivity index is 0. The van der Waals surface area contributed by atoms with E-state index in [4.69, 9.17) is 23.2 Å². The number of hydrogen-bond acceptors (Lipinski definition) is 0. The van der Waals surface area contributed by atoms with E-state index in [9.17, 15) is 0 Å². The van der Waals surface area contributed by atoms with E-state index >= 15 is 0 Å². The van der Waals surface area contributed by atoms with Gasteiger partial charge in [0.15, 0.2) is 0 Å². The molecule has 0 aromatic rings. The van der Waals surface area contributed by atoms with E-state index in [1.165, 1.54) is 0 Å². The maximum atomic E-state index is 5.17. The Morgan fingerprint density at radius 2 is 1.67 bits per heavy atom. The van der Waals surface area contributed by atoms with E-state index in [2.05, 4.69) is 0 Å². The van der Waals surface area contributed by atoms with Gasteiger partial charge in [-0.2, -0.15) is 0 Å². The van der Waals surface area contributed by atoms with Gasteiger partial charge < -0.3 is 0 Å². The molecule has 37 valence electrons. The van der Waals surface area contributed by atoms with E-state index in [1.54, 1.807) is 6.42 Å². The van der Waals surface area contributed by atoms with Gasteiger partial charge in [-0.25, -0.2) is 0 Å². The molecule has 0 aliphatic rings. The quantitative estimate of drug-likeness (QED) is 0.419. The standard InChI is InChI=1S/C3H5Cl2.Ga.3H/c1-2-3(4)5;;;;/h2-3H,1H3;;;;. The summed E-state index contributed by atoms with van der Waals surface area (Å²) in [7, 11) is 0. The van der Waals surface area contributed by atoms with Gasteiger partial charge in [0.2, 0.25) is 0 Å². The van der Waals surface area contributed by atoms with Gasteiger partial charge in [0.05, 0.1) is 0 Å². The molecule has 0 unspecified atom stereocenters. The van der Waals surface area contributed by atoms with Crippen molar-refractivity contribution in [2.45, 2.75) is 11.8 Å². The number of alkyl halides is 2. The monoisotopic (exact) mass is 183 g/mol. The molecule has 0 bridgehead atoms. The molecule has 0 spiro atoms. The van der Waals surface area contributed by atoms with Gasteiger partial charge in [0.25, 0.3) is 0 Å². The predicted molar refractivity (Wildman–Crippen MR) is 35.4 cm³/mol. The fraction of sp³-hybridized carbons (Fsp3) is 0.667. The first-order chi connectivity index (χ1) is 2.27. The minimum absolute atomic E-state index is 0. The SMILES string of the molecule is C[CH]C(Cl)Cl.[GaH3]. The van der Waals surface area contributed by atoms with Crippen molar-refractivity contribution < 1.29 is 0 Å². The van der Waals surface area contributed by atoms with Crippen LogP contribution in [-0.2, 0) is 0 Å². The van der Waals surface area contributed by atoms with Crippen LogP contribution in [0.5, 0.6) is 0 Å². The van der Waals surface area contributed by atoms with Crippen LogP contribution < -0.4 is 0 Å². The topological polar surface area (TPSA) is 0 Å². The molecular weight excluding hydrogens is 177 g/mol. The molecule has 3 heteroatoms. The molecule has 0 nitrogen and oxygen atoms in total. The van der Waals surface area contributed by atoms with Gasteiger partial charge >= 0.3 is 19.8 Å². The molecule has 0 atom stereocenters. The molecule has 0 heterocycles. The van der Waals surface area contributed by atoms with Crippen LogP contribution in [0.25, 0.3) is 0 Å². The predicted octanol–water partition coefficient (Wildman–Crippen LogP) is 0.830. The van der Waals surface area contributed by atoms with Crippen LogP contribution in [0.15, 0.2) is 0 Å². The van der Waals surface area contributed by atoms with Crippen molar-refractivity contribution in [1.29, 1.82) is 0 Å². The van der Waals surface area contributed by atoms with Crippen molar-refractivity contribution >= 4 is 43.0 Å². The van der Waals surface area contributed by atoms with Gasteiger partial charge in [-0.15, -0.1) is 23.2 Å². The average molecular weight is 185 g/mol. The molecule has 0 saturated heterocycles. The summed E-state index contributed by atoms with van der Waals surface area (Å²) in [5.74, 6) is 0. The molecule has 0 aromatic heterocycles. The number of rotatable bonds is 1. The Morgan fingerprint density at radius 1 is 1.50 bits per heavy atom. The first-order valence-corrected chi connectivity index (χ1v) is 2.22. The van der Waals surface area contributed by atoms with Crippen LogP contribution in [-0.4, -0.2) is 24.6 Å². The fourth-order valence-corrected chi connectivity index (χ4v) is 0. The molecule has 0 rings (SSSR count). The van der Waals surface area contributed by atoms with Crippen LogP contribution in [0.4, 0.5) is 0 Å². The zero-order chi connectivity index (χ0) is 4.28. The Labute approximate surface area is 61.3 Å². The molecule has 6 heavy (non-hydrogen) atoms. The first kappa shape index (κ1) is 10.2. The summed E-state index contributed by atoms with van der Waals surface area (Å²) in [5, 5.41) is 0. The molecular formula is C3H8Cl2Ga. The van der Waals surface area contributed by atoms with E-state index in [0.29, 0.717) is 0 Å². The second kappa shape index (κ2) is 6.22. The maximum absolute atomic E-state index is 5.17. The summed E-state index contributed by atoms with van der Waals surface area (Å²) < 4.78 is 0. The second-order valence-electron chi connectivity index (χ2n) is 0.668. The third kappa shape index (κ3) is 8.96. The third-order valence-electron chi connectivity index (χ3n) is 0.252. The molecule has 0 aromatic carbocycles. The fourth-order valence-electron chi connectivity index (χ4n) is 0. The molecule has 0 aliphatic carbocycles. The summed E-state index contributed by atoms with van der Waals surface area (Å²) >= 11 is 10.3. The molecule has 0 N–H and O–H groups in total. The van der Waals surface area contributed by atoms with E-state index in [1.807, 2.05) is 6.92 Å². The summed E-state index contributed by atoms with van der Waals surface area (Å²) in [6, 6.07) is 0. The van der Waals surface area contributed by atoms with Crippen LogP contribution in [0.1, 0.15) is 6.92 Å². The van der Waals surface area contributed by atoms with E-state index in [-0.39, 0.29) is 24.6 Å². The molecule has 0 amide bonds. The van der Waals surface area contributed by atoms with Crippen LogP contribution >= 0.6 is 23.2 Å². The average Bonchev–Trinajstić information content (AvgIpc) is 1.38. The number of hydrogen-bond donors (Lipinski definition) is 0. The van der Waals surface area contributed by atoms with Crippen molar-refractivity contribution in [3.8, 4) is 0 Å². The van der Waals surface area contributed by atoms with Crippen molar-refractivity contribution in [2.24, 2.45) is 0 Å². The summed E-state index contributed by atoms with van der Waals surface area (Å²) in [4.78, 5) is -0.296. The van der Waals surface area contributed by atoms with Crippen LogP contribution in [0.3, 0.4) is 0 Å². The van der Waals surface area contributed by atoms with Crippen molar-refractivity contribution in [3.63, 3.8) is 0 Å². The van der Waals surface area contributed by atoms with Crippen LogP contribution in [0, 0.1) is 6.42 Å². The van der Waals surface area contributed by atoms with Gasteiger partial charge in [-0.3, -0.25) is 0 Å². The second-order valence-corrected chi connectivity index (χ2v) is 1.83. The normalized spacial score (nSPS) is 8.00. The Bertz CT molecular complexity index is 22.8. The van der Waals surface area contributed by atoms with Crippen molar-refractivity contribution in [1.82, 2.24) is 0 Å². The Kier molecular flexibility index (Phi) is 10.6. The van der Waals surface area contributed by atoms with Gasteiger partial charge in [0.1, 0.15) is 4.84 Å². The van der Waals surface area contributed by atoms with Crippen LogP contribution in [0.2, 0.25) is 0 Å². The summed E-state index contributed by atoms with van der Waals surface area (Å²) in [6.07, 6.45) is 1.70. The molecule has 0 saturated carbocycles. The van der Waals surface area contributed by atoms with Crippen molar-refractivity contribution in [2.75, 3.05) is 0 Å². The Hall–Kier alpha value is 1.22. The van der Waals surface area contributed by atoms with Gasteiger partial charge in [0, 0.05) is 0 Å². The van der Waals surface area contributed by atoms with E-state index < -0.39 is 0 Å². The summed E-state index contributed by atoms with van der Waals surface area (Å²) in [5.41, 5.74) is 0. The van der Waals surface area contributed by atoms with Gasteiger partial charge in [-0.1, -0.05) is 6.92 Å². The van der Waals surface area contributed by atoms with Gasteiger partial charge in [-0.05, 0) is 6.42 Å². The summed E-state index contributed by atoms with van der Waals surface area (Å²) in [6.45, 7) is 1.81. The molecule has 0 fully saturated rings. The molecule has 0 aliphatic heterocycles. The Morgan fingerprint density at radius 3 is 1.67 bits per heavy atom. The molecule has 1 radical (unpaired) electrons.